The number of hydrogen-bond donors (Lipinski definition) is 0. The van der Waals surface area contributed by atoms with Gasteiger partial charge in [0.25, 0.3) is 5.69 Å². The Bertz CT molecular complexity index is 1710. The third-order valence-electron chi connectivity index (χ3n) is 5.69. The first kappa shape index (κ1) is 26.1. The fourth-order valence-electron chi connectivity index (χ4n) is 3.82. The molecule has 0 unspecified atom stereocenters. The summed E-state index contributed by atoms with van der Waals surface area (Å²) >= 11 is 7.95. The van der Waals surface area contributed by atoms with Gasteiger partial charge in [0.2, 0.25) is 5.90 Å². The summed E-state index contributed by atoms with van der Waals surface area (Å²) in [4.78, 5) is 40.4. The van der Waals surface area contributed by atoms with Gasteiger partial charge in [-0.25, -0.2) is 14.6 Å². The largest absolute Gasteiger partial charge is 0.490 e. The van der Waals surface area contributed by atoms with E-state index in [-0.39, 0.29) is 41.0 Å². The molecule has 0 aliphatic carbocycles. The van der Waals surface area contributed by atoms with Crippen LogP contribution in [0.25, 0.3) is 16.2 Å². The second-order valence-electron chi connectivity index (χ2n) is 8.41. The number of aryl methyl sites for hydroxylation is 1. The number of benzene rings is 3. The standard InChI is InChI=1S/C28H19ClN2O7S/c1-3-36-22-14-16(5-11-21(22)37-27(32)17-6-8-18(9-7-17)31(34)35)13-20-28(33)38-26(30-20)25-24(29)19-10-4-15(2)12-23(19)39-25/h4-14H,3H2,1-2H3/b20-13+. The van der Waals surface area contributed by atoms with Crippen LogP contribution in [0.3, 0.4) is 0 Å². The number of thiophene rings is 1. The number of fused-ring (bicyclic) bond motifs is 1. The summed E-state index contributed by atoms with van der Waals surface area (Å²) in [5, 5.41) is 12.2. The molecule has 0 atom stereocenters. The minimum Gasteiger partial charge on any atom is -0.490 e. The van der Waals surface area contributed by atoms with Gasteiger partial charge in [-0.3, -0.25) is 10.1 Å². The quantitative estimate of drug-likeness (QED) is 0.0805. The molecule has 2 heterocycles. The highest BCUT2D eigenvalue weighted by Gasteiger charge is 2.28. The molecule has 1 aliphatic rings. The summed E-state index contributed by atoms with van der Waals surface area (Å²) < 4.78 is 17.5. The molecule has 0 bridgehead atoms. The van der Waals surface area contributed by atoms with E-state index in [0.29, 0.717) is 15.5 Å². The Hall–Kier alpha value is -4.54. The molecule has 0 amide bonds. The Kier molecular flexibility index (Phi) is 7.14. The number of rotatable bonds is 7. The van der Waals surface area contributed by atoms with Crippen molar-refractivity contribution in [2.45, 2.75) is 13.8 Å². The normalized spacial score (nSPS) is 13.9. The molecule has 1 aliphatic heterocycles. The third-order valence-corrected chi connectivity index (χ3v) is 7.33. The van der Waals surface area contributed by atoms with Crippen molar-refractivity contribution in [3.05, 3.63) is 103 Å². The Morgan fingerprint density at radius 1 is 1.13 bits per heavy atom. The van der Waals surface area contributed by atoms with E-state index in [4.69, 9.17) is 25.8 Å². The van der Waals surface area contributed by atoms with Gasteiger partial charge in [-0.05, 0) is 61.4 Å². The summed E-state index contributed by atoms with van der Waals surface area (Å²) in [6.07, 6.45) is 1.53. The summed E-state index contributed by atoms with van der Waals surface area (Å²) in [5.41, 5.74) is 1.72. The van der Waals surface area contributed by atoms with Crippen molar-refractivity contribution in [1.82, 2.24) is 0 Å². The predicted octanol–water partition coefficient (Wildman–Crippen LogP) is 6.73. The molecule has 0 spiro atoms. The molecular weight excluding hydrogens is 544 g/mol. The van der Waals surface area contributed by atoms with Gasteiger partial charge in [-0.1, -0.05) is 29.8 Å². The molecule has 0 N–H and O–H groups in total. The zero-order chi connectivity index (χ0) is 27.7. The highest BCUT2D eigenvalue weighted by atomic mass is 35.5. The van der Waals surface area contributed by atoms with Gasteiger partial charge in [0.1, 0.15) is 4.88 Å². The van der Waals surface area contributed by atoms with Crippen molar-refractivity contribution in [3.8, 4) is 11.5 Å². The number of halogens is 1. The molecule has 0 fully saturated rings. The fraction of sp³-hybridized carbons (Fsp3) is 0.107. The number of nitro benzene ring substituents is 1. The van der Waals surface area contributed by atoms with E-state index in [0.717, 1.165) is 15.6 Å². The van der Waals surface area contributed by atoms with Crippen LogP contribution in [0.4, 0.5) is 5.69 Å². The second kappa shape index (κ2) is 10.7. The molecule has 11 heteroatoms. The van der Waals surface area contributed by atoms with E-state index in [2.05, 4.69) is 4.99 Å². The Morgan fingerprint density at radius 3 is 2.62 bits per heavy atom. The summed E-state index contributed by atoms with van der Waals surface area (Å²) in [7, 11) is 0. The molecule has 4 aromatic rings. The molecule has 9 nitrogen and oxygen atoms in total. The zero-order valence-electron chi connectivity index (χ0n) is 20.6. The van der Waals surface area contributed by atoms with Crippen LogP contribution in [0.15, 0.2) is 71.4 Å². The number of carbonyl (C=O) groups is 2. The van der Waals surface area contributed by atoms with E-state index in [1.54, 1.807) is 19.1 Å². The van der Waals surface area contributed by atoms with Gasteiger partial charge in [0.15, 0.2) is 17.2 Å². The van der Waals surface area contributed by atoms with Crippen LogP contribution in [0.1, 0.15) is 33.3 Å². The molecule has 196 valence electrons. The SMILES string of the molecule is CCOc1cc(/C=C2/N=C(c3sc4cc(C)ccc4c3Cl)OC2=O)ccc1OC(=O)c1ccc([N+](=O)[O-])cc1. The number of cyclic esters (lactones) is 1. The van der Waals surface area contributed by atoms with Gasteiger partial charge >= 0.3 is 11.9 Å². The molecule has 1 aromatic heterocycles. The lowest BCUT2D eigenvalue weighted by molar-refractivity contribution is -0.384. The van der Waals surface area contributed by atoms with Crippen molar-refractivity contribution >= 4 is 62.6 Å². The fourth-order valence-corrected chi connectivity index (χ4v) is 5.36. The number of non-ortho nitro benzene ring substituents is 1. The summed E-state index contributed by atoms with van der Waals surface area (Å²) in [6, 6.07) is 15.7. The van der Waals surface area contributed by atoms with Crippen molar-refractivity contribution in [1.29, 1.82) is 0 Å². The van der Waals surface area contributed by atoms with Gasteiger partial charge in [0.05, 0.1) is 22.1 Å². The van der Waals surface area contributed by atoms with Crippen molar-refractivity contribution in [2.24, 2.45) is 4.99 Å². The molecule has 3 aromatic carbocycles. The Morgan fingerprint density at radius 2 is 1.90 bits per heavy atom. The van der Waals surface area contributed by atoms with Crippen LogP contribution in [-0.2, 0) is 9.53 Å². The van der Waals surface area contributed by atoms with Gasteiger partial charge < -0.3 is 14.2 Å². The van der Waals surface area contributed by atoms with Gasteiger partial charge in [-0.15, -0.1) is 11.3 Å². The van der Waals surface area contributed by atoms with Crippen molar-refractivity contribution < 1.29 is 28.7 Å². The molecule has 0 radical (unpaired) electrons. The second-order valence-corrected chi connectivity index (χ2v) is 9.84. The first-order chi connectivity index (χ1) is 18.7. The maximum absolute atomic E-state index is 12.6. The minimum atomic E-state index is -0.707. The Balaban J connectivity index is 1.40. The maximum atomic E-state index is 12.6. The van der Waals surface area contributed by atoms with Gasteiger partial charge in [-0.2, -0.15) is 0 Å². The van der Waals surface area contributed by atoms with Crippen LogP contribution in [0.2, 0.25) is 5.02 Å². The number of aliphatic imine (C=N–C) groups is 1. The van der Waals surface area contributed by atoms with Crippen molar-refractivity contribution in [2.75, 3.05) is 6.61 Å². The lowest BCUT2D eigenvalue weighted by Crippen LogP contribution is -2.10. The topological polar surface area (TPSA) is 117 Å². The van der Waals surface area contributed by atoms with E-state index in [1.165, 1.54) is 47.7 Å². The minimum absolute atomic E-state index is 0.0766. The molecule has 39 heavy (non-hydrogen) atoms. The highest BCUT2D eigenvalue weighted by Crippen LogP contribution is 2.38. The lowest BCUT2D eigenvalue weighted by Gasteiger charge is -2.11. The average Bonchev–Trinajstić information content (AvgIpc) is 3.44. The van der Waals surface area contributed by atoms with E-state index >= 15 is 0 Å². The number of esters is 2. The third kappa shape index (κ3) is 5.38. The number of hydrogen-bond acceptors (Lipinski definition) is 9. The maximum Gasteiger partial charge on any atom is 0.363 e. The van der Waals surface area contributed by atoms with E-state index in [9.17, 15) is 19.7 Å². The monoisotopic (exact) mass is 562 g/mol. The Labute approximate surface area is 231 Å². The first-order valence-corrected chi connectivity index (χ1v) is 12.9. The molecule has 0 saturated heterocycles. The number of ether oxygens (including phenoxy) is 3. The average molecular weight is 563 g/mol. The zero-order valence-corrected chi connectivity index (χ0v) is 22.2. The predicted molar refractivity (Wildman–Crippen MR) is 148 cm³/mol. The van der Waals surface area contributed by atoms with Crippen LogP contribution in [0, 0.1) is 17.0 Å². The van der Waals surface area contributed by atoms with E-state index in [1.807, 2.05) is 25.1 Å². The molecular formula is C28H19ClN2O7S. The number of nitro groups is 1. The number of nitrogens with zero attached hydrogens (tertiary/aromatic N) is 2. The first-order valence-electron chi connectivity index (χ1n) is 11.7. The number of carbonyl (C=O) groups excluding carboxylic acids is 2. The summed E-state index contributed by atoms with van der Waals surface area (Å²) in [6.45, 7) is 4.05. The van der Waals surface area contributed by atoms with Gasteiger partial charge in [0, 0.05) is 22.2 Å². The van der Waals surface area contributed by atoms with Crippen LogP contribution < -0.4 is 9.47 Å². The molecule has 0 saturated carbocycles. The molecule has 5 rings (SSSR count). The van der Waals surface area contributed by atoms with Crippen LogP contribution in [-0.4, -0.2) is 29.4 Å². The lowest BCUT2D eigenvalue weighted by atomic mass is 10.1. The summed E-state index contributed by atoms with van der Waals surface area (Å²) in [5.74, 6) is -0.787. The smallest absolute Gasteiger partial charge is 0.363 e. The van der Waals surface area contributed by atoms with Crippen molar-refractivity contribution in [3.63, 3.8) is 0 Å². The van der Waals surface area contributed by atoms with E-state index < -0.39 is 16.9 Å². The van der Waals surface area contributed by atoms with Crippen LogP contribution >= 0.6 is 22.9 Å². The van der Waals surface area contributed by atoms with Crippen LogP contribution in [0.5, 0.6) is 11.5 Å². The highest BCUT2D eigenvalue weighted by molar-refractivity contribution is 7.21.